The van der Waals surface area contributed by atoms with Gasteiger partial charge in [0.05, 0.1) is 25.2 Å². The predicted octanol–water partition coefficient (Wildman–Crippen LogP) is 3.42. The first-order valence-electron chi connectivity index (χ1n) is 9.05. The topological polar surface area (TPSA) is 99.4 Å². The maximum Gasteiger partial charge on any atom is 0.417 e. The molecule has 1 saturated heterocycles. The number of halogens is 5. The van der Waals surface area contributed by atoms with Crippen molar-refractivity contribution in [1.82, 2.24) is 9.97 Å². The van der Waals surface area contributed by atoms with Gasteiger partial charge in [-0.1, -0.05) is 13.0 Å². The summed E-state index contributed by atoms with van der Waals surface area (Å²) in [6.45, 7) is 2.02. The molecule has 1 amide bonds. The van der Waals surface area contributed by atoms with Crippen molar-refractivity contribution in [3.05, 3.63) is 41.7 Å². The lowest BCUT2D eigenvalue weighted by Gasteiger charge is -2.32. The van der Waals surface area contributed by atoms with Gasteiger partial charge < -0.3 is 20.5 Å². The summed E-state index contributed by atoms with van der Waals surface area (Å²) >= 11 is 0. The molecule has 3 N–H and O–H groups in total. The van der Waals surface area contributed by atoms with Crippen molar-refractivity contribution in [3.63, 3.8) is 0 Å². The van der Waals surface area contributed by atoms with E-state index < -0.39 is 53.0 Å². The normalized spacial score (nSPS) is 26.0. The summed E-state index contributed by atoms with van der Waals surface area (Å²) in [6.07, 6.45) is -4.24. The molecule has 1 aliphatic heterocycles. The fourth-order valence-electron chi connectivity index (χ4n) is 3.66. The van der Waals surface area contributed by atoms with Gasteiger partial charge in [0.1, 0.15) is 6.10 Å². The Hall–Kier alpha value is -3.02. The van der Waals surface area contributed by atoms with Crippen LogP contribution in [0.25, 0.3) is 0 Å². The van der Waals surface area contributed by atoms with Crippen molar-refractivity contribution >= 4 is 17.5 Å². The molecular formula is C19H19F5N4O3. The molecule has 0 unspecified atom stereocenters. The molecule has 1 aromatic carbocycles. The minimum atomic E-state index is -4.85. The van der Waals surface area contributed by atoms with E-state index in [1.165, 1.54) is 6.92 Å². The number of rotatable bonds is 4. The molecule has 1 aromatic heterocycles. The smallest absolute Gasteiger partial charge is 0.417 e. The molecule has 2 aromatic rings. The predicted molar refractivity (Wildman–Crippen MR) is 99.2 cm³/mol. The average molecular weight is 446 g/mol. The molecule has 0 bridgehead atoms. The molecule has 0 saturated carbocycles. The van der Waals surface area contributed by atoms with Gasteiger partial charge in [0, 0.05) is 17.4 Å². The van der Waals surface area contributed by atoms with Gasteiger partial charge in [-0.2, -0.15) is 17.6 Å². The number of hydrogen-bond donors (Lipinski definition) is 2. The van der Waals surface area contributed by atoms with Crippen molar-refractivity contribution < 1.29 is 36.2 Å². The maximum atomic E-state index is 14.3. The van der Waals surface area contributed by atoms with Gasteiger partial charge in [0.25, 0.3) is 5.91 Å². The number of nitrogens with zero attached hydrogens (tertiary/aromatic N) is 2. The summed E-state index contributed by atoms with van der Waals surface area (Å²) in [4.78, 5) is 20.3. The van der Waals surface area contributed by atoms with Crippen LogP contribution in [-0.4, -0.2) is 40.9 Å². The number of carbonyl (C=O) groups is 1. The number of aromatic nitrogens is 2. The summed E-state index contributed by atoms with van der Waals surface area (Å²) in [5.74, 6) is -6.91. The summed E-state index contributed by atoms with van der Waals surface area (Å²) in [5.41, 5.74) is 2.56. The zero-order chi connectivity index (χ0) is 23.1. The van der Waals surface area contributed by atoms with E-state index in [4.69, 9.17) is 15.2 Å². The van der Waals surface area contributed by atoms with Gasteiger partial charge in [-0.3, -0.25) is 4.79 Å². The lowest BCUT2D eigenvalue weighted by atomic mass is 9.77. The number of nitrogens with one attached hydrogen (secondary N) is 1. The Morgan fingerprint density at radius 2 is 1.87 bits per heavy atom. The molecule has 12 heteroatoms. The number of carbonyl (C=O) groups excluding carboxylic acids is 1. The SMILES string of the molecule is COc1c([C@@H]2[C@@H](C(=O)Nc3cnc(N)nc3)O[C@](C)(C(F)(F)F)[C@@H]2C)ccc(F)c1F. The first-order chi connectivity index (χ1) is 14.4. The van der Waals surface area contributed by atoms with Gasteiger partial charge in [0.2, 0.25) is 11.8 Å². The number of anilines is 2. The molecule has 7 nitrogen and oxygen atoms in total. The van der Waals surface area contributed by atoms with Crippen LogP contribution in [0.2, 0.25) is 0 Å². The third kappa shape index (κ3) is 3.87. The van der Waals surface area contributed by atoms with Crippen molar-refractivity contribution in [2.45, 2.75) is 37.6 Å². The molecule has 0 spiro atoms. The molecule has 4 atom stereocenters. The second-order valence-electron chi connectivity index (χ2n) is 7.26. The van der Waals surface area contributed by atoms with E-state index in [0.717, 1.165) is 38.6 Å². The quantitative estimate of drug-likeness (QED) is 0.699. The van der Waals surface area contributed by atoms with Gasteiger partial charge in [-0.15, -0.1) is 0 Å². The molecule has 1 aliphatic rings. The van der Waals surface area contributed by atoms with E-state index >= 15 is 0 Å². The van der Waals surface area contributed by atoms with Gasteiger partial charge in [-0.25, -0.2) is 14.4 Å². The highest BCUT2D eigenvalue weighted by molar-refractivity contribution is 5.95. The zero-order valence-electron chi connectivity index (χ0n) is 16.6. The zero-order valence-corrected chi connectivity index (χ0v) is 16.6. The summed E-state index contributed by atoms with van der Waals surface area (Å²) in [6, 6.07) is 1.84. The van der Waals surface area contributed by atoms with E-state index in [-0.39, 0.29) is 17.2 Å². The van der Waals surface area contributed by atoms with Crippen molar-refractivity contribution in [2.24, 2.45) is 5.92 Å². The monoisotopic (exact) mass is 446 g/mol. The second-order valence-corrected chi connectivity index (χ2v) is 7.26. The minimum absolute atomic E-state index is 0.0621. The van der Waals surface area contributed by atoms with E-state index in [0.29, 0.717) is 0 Å². The standard InChI is InChI=1S/C19H19F5N4O3/c1-8-12(10-4-5-11(20)13(21)14(10)30-3)15(31-18(8,2)19(22,23)24)16(29)28-9-6-26-17(25)27-7-9/h4-8,12,15H,1-3H3,(H,28,29)(H2,25,26,27)/t8-,12-,15+,18+/m1/s1. The van der Waals surface area contributed by atoms with Crippen LogP contribution < -0.4 is 15.8 Å². The van der Waals surface area contributed by atoms with Gasteiger partial charge >= 0.3 is 6.18 Å². The highest BCUT2D eigenvalue weighted by Gasteiger charge is 2.65. The van der Waals surface area contributed by atoms with Crippen molar-refractivity contribution in [1.29, 1.82) is 0 Å². The Balaban J connectivity index is 2.07. The van der Waals surface area contributed by atoms with Crippen LogP contribution in [0.5, 0.6) is 5.75 Å². The van der Waals surface area contributed by atoms with E-state index in [1.54, 1.807) is 0 Å². The number of hydrogen-bond acceptors (Lipinski definition) is 6. The Morgan fingerprint density at radius 1 is 1.26 bits per heavy atom. The van der Waals surface area contributed by atoms with Gasteiger partial charge in [0.15, 0.2) is 17.2 Å². The van der Waals surface area contributed by atoms with Crippen LogP contribution in [0.15, 0.2) is 24.5 Å². The third-order valence-electron chi connectivity index (χ3n) is 5.51. The molecule has 3 rings (SSSR count). The largest absolute Gasteiger partial charge is 0.493 e. The fourth-order valence-corrected chi connectivity index (χ4v) is 3.66. The average Bonchev–Trinajstić information content (AvgIpc) is 2.98. The van der Waals surface area contributed by atoms with E-state index in [9.17, 15) is 26.7 Å². The van der Waals surface area contributed by atoms with Crippen LogP contribution in [-0.2, 0) is 9.53 Å². The Morgan fingerprint density at radius 3 is 2.42 bits per heavy atom. The van der Waals surface area contributed by atoms with Gasteiger partial charge in [-0.05, 0) is 13.0 Å². The van der Waals surface area contributed by atoms with Crippen molar-refractivity contribution in [2.75, 3.05) is 18.2 Å². The highest BCUT2D eigenvalue weighted by atomic mass is 19.4. The molecule has 2 heterocycles. The molecular weight excluding hydrogens is 427 g/mol. The maximum absolute atomic E-state index is 14.3. The molecule has 0 radical (unpaired) electrons. The Kier molecular flexibility index (Phi) is 5.78. The third-order valence-corrected chi connectivity index (χ3v) is 5.51. The highest BCUT2D eigenvalue weighted by Crippen LogP contribution is 2.54. The molecule has 168 valence electrons. The number of ether oxygens (including phenoxy) is 2. The van der Waals surface area contributed by atoms with Crippen molar-refractivity contribution in [3.8, 4) is 5.75 Å². The number of methoxy groups -OCH3 is 1. The van der Waals surface area contributed by atoms with E-state index in [2.05, 4.69) is 15.3 Å². The van der Waals surface area contributed by atoms with Crippen LogP contribution in [0.1, 0.15) is 25.3 Å². The van der Waals surface area contributed by atoms with Crippen LogP contribution >= 0.6 is 0 Å². The lowest BCUT2D eigenvalue weighted by Crippen LogP contribution is -2.47. The Bertz CT molecular complexity index is 986. The van der Waals surface area contributed by atoms with Crippen LogP contribution in [0.4, 0.5) is 33.6 Å². The molecule has 0 aliphatic carbocycles. The van der Waals surface area contributed by atoms with E-state index in [1.807, 2.05) is 0 Å². The van der Waals surface area contributed by atoms with Crippen LogP contribution in [0, 0.1) is 17.6 Å². The number of alkyl halides is 3. The number of amides is 1. The first-order valence-corrected chi connectivity index (χ1v) is 9.05. The lowest BCUT2D eigenvalue weighted by molar-refractivity contribution is -0.272. The minimum Gasteiger partial charge on any atom is -0.493 e. The summed E-state index contributed by atoms with van der Waals surface area (Å²) in [5, 5.41) is 2.36. The fraction of sp³-hybridized carbons (Fsp3) is 0.421. The number of benzene rings is 1. The number of nitrogen functional groups attached to an aromatic ring is 1. The summed E-state index contributed by atoms with van der Waals surface area (Å²) in [7, 11) is 1.05. The first kappa shape index (κ1) is 22.7. The Labute approximate surface area is 173 Å². The van der Waals surface area contributed by atoms with Crippen LogP contribution in [0.3, 0.4) is 0 Å². The molecule has 1 fully saturated rings. The molecule has 31 heavy (non-hydrogen) atoms. The second kappa shape index (κ2) is 7.91. The summed E-state index contributed by atoms with van der Waals surface area (Å²) < 4.78 is 79.7. The number of nitrogens with two attached hydrogens (primary N) is 1.